The Balaban J connectivity index is 1.15. The molecule has 0 aliphatic carbocycles. The highest BCUT2D eigenvalue weighted by molar-refractivity contribution is 6.34. The first-order valence-electron chi connectivity index (χ1n) is 19.7. The molecule has 8 aromatic carbocycles. The van der Waals surface area contributed by atoms with Crippen LogP contribution in [0.4, 0.5) is 0 Å². The van der Waals surface area contributed by atoms with E-state index in [-0.39, 0.29) is 0 Å². The molecule has 0 radical (unpaired) electrons. The number of nitrogens with zero attached hydrogens (tertiary/aromatic N) is 5. The van der Waals surface area contributed by atoms with E-state index in [9.17, 15) is 0 Å². The van der Waals surface area contributed by atoms with Gasteiger partial charge in [-0.2, -0.15) is 4.98 Å². The Kier molecular flexibility index (Phi) is 5.68. The van der Waals surface area contributed by atoms with Crippen LogP contribution in [0.15, 0.2) is 180 Å². The molecule has 0 aliphatic rings. The summed E-state index contributed by atoms with van der Waals surface area (Å²) in [7, 11) is 0. The average Bonchev–Trinajstić information content (AvgIpc) is 4.08. The first-order chi connectivity index (χ1) is 28.8. The smallest absolute Gasteiger partial charge is 0.233 e. The van der Waals surface area contributed by atoms with Gasteiger partial charge in [-0.1, -0.05) is 121 Å². The predicted octanol–water partition coefficient (Wildman–Crippen LogP) is 13.4. The Morgan fingerprint density at radius 2 is 0.948 bits per heavy atom. The van der Waals surface area contributed by atoms with Crippen LogP contribution in [-0.4, -0.2) is 23.5 Å². The maximum Gasteiger partial charge on any atom is 0.233 e. The van der Waals surface area contributed by atoms with Crippen molar-refractivity contribution in [3.05, 3.63) is 176 Å². The number of para-hydroxylation sites is 6. The number of hydrogen-bond donors (Lipinski definition) is 0. The number of benzene rings is 8. The second kappa shape index (κ2) is 10.9. The summed E-state index contributed by atoms with van der Waals surface area (Å²) in [5.74, 6) is 1.40. The lowest BCUT2D eigenvalue weighted by atomic mass is 10.0. The van der Waals surface area contributed by atoms with Crippen molar-refractivity contribution in [1.29, 1.82) is 0 Å². The molecule has 0 unspecified atom stereocenters. The Morgan fingerprint density at radius 1 is 0.379 bits per heavy atom. The molecule has 6 heterocycles. The molecule has 0 aliphatic heterocycles. The van der Waals surface area contributed by atoms with Gasteiger partial charge < -0.3 is 13.4 Å². The van der Waals surface area contributed by atoms with Gasteiger partial charge in [-0.3, -0.25) is 4.57 Å². The first-order valence-corrected chi connectivity index (χ1v) is 19.7. The number of hydrogen-bond acceptors (Lipinski definition) is 3. The molecular formula is C52H29N5O. The highest BCUT2D eigenvalue weighted by Crippen LogP contribution is 2.47. The van der Waals surface area contributed by atoms with Gasteiger partial charge in [-0.25, -0.2) is 4.98 Å². The third-order valence-corrected chi connectivity index (χ3v) is 12.4. The average molecular weight is 740 g/mol. The van der Waals surface area contributed by atoms with E-state index < -0.39 is 0 Å². The van der Waals surface area contributed by atoms with Crippen molar-refractivity contribution in [1.82, 2.24) is 23.5 Å². The van der Waals surface area contributed by atoms with E-state index >= 15 is 0 Å². The van der Waals surface area contributed by atoms with Gasteiger partial charge in [0.1, 0.15) is 5.58 Å². The van der Waals surface area contributed by atoms with Gasteiger partial charge in [0, 0.05) is 59.7 Å². The second-order valence-corrected chi connectivity index (χ2v) is 15.3. The largest absolute Gasteiger partial charge is 0.437 e. The van der Waals surface area contributed by atoms with Crippen molar-refractivity contribution >= 4 is 104 Å². The first kappa shape index (κ1) is 30.3. The van der Waals surface area contributed by atoms with E-state index in [0.717, 1.165) is 55.5 Å². The fourth-order valence-corrected chi connectivity index (χ4v) is 10.0. The summed E-state index contributed by atoms with van der Waals surface area (Å²) in [6.07, 6.45) is 0. The second-order valence-electron chi connectivity index (χ2n) is 15.3. The van der Waals surface area contributed by atoms with Gasteiger partial charge in [-0.05, 0) is 54.6 Å². The van der Waals surface area contributed by atoms with Crippen LogP contribution < -0.4 is 0 Å². The lowest BCUT2D eigenvalue weighted by molar-refractivity contribution is 0.653. The molecule has 268 valence electrons. The number of furan rings is 1. The summed E-state index contributed by atoms with van der Waals surface area (Å²) in [4.78, 5) is 10.9. The lowest BCUT2D eigenvalue weighted by Crippen LogP contribution is -2.02. The Labute approximate surface area is 329 Å². The minimum Gasteiger partial charge on any atom is -0.437 e. The molecule has 58 heavy (non-hydrogen) atoms. The Morgan fingerprint density at radius 3 is 1.72 bits per heavy atom. The fourth-order valence-electron chi connectivity index (χ4n) is 10.0. The normalized spacial score (nSPS) is 12.5. The molecule has 0 fully saturated rings. The van der Waals surface area contributed by atoms with Crippen LogP contribution >= 0.6 is 0 Å². The van der Waals surface area contributed by atoms with Gasteiger partial charge in [0.25, 0.3) is 0 Å². The molecule has 0 N–H and O–H groups in total. The number of fused-ring (bicyclic) bond motifs is 16. The minimum absolute atomic E-state index is 0.558. The highest BCUT2D eigenvalue weighted by atomic mass is 16.3. The van der Waals surface area contributed by atoms with Crippen molar-refractivity contribution in [2.75, 3.05) is 0 Å². The van der Waals surface area contributed by atoms with Gasteiger partial charge in [-0.15, -0.1) is 0 Å². The van der Waals surface area contributed by atoms with Gasteiger partial charge in [0.2, 0.25) is 5.71 Å². The Hall–Kier alpha value is -7.96. The SMILES string of the molecule is c1ccc(-n2c3ccccc3c3ccc(-c4nc(-n5c6ccccc6c6cc7c8ccccc8n8c9ccccc9c(c65)c78)c5c(n4)oc4ccccc45)cc32)cc1. The molecule has 6 heteroatoms. The molecule has 0 bridgehead atoms. The zero-order valence-electron chi connectivity index (χ0n) is 30.9. The third kappa shape index (κ3) is 3.76. The number of rotatable bonds is 3. The van der Waals surface area contributed by atoms with Crippen LogP contribution in [-0.2, 0) is 0 Å². The third-order valence-electron chi connectivity index (χ3n) is 12.4. The summed E-state index contributed by atoms with van der Waals surface area (Å²) in [6.45, 7) is 0. The van der Waals surface area contributed by atoms with Crippen LogP contribution in [0, 0.1) is 0 Å². The van der Waals surface area contributed by atoms with Gasteiger partial charge >= 0.3 is 0 Å². The van der Waals surface area contributed by atoms with E-state index in [2.05, 4.69) is 177 Å². The Bertz CT molecular complexity index is 4030. The van der Waals surface area contributed by atoms with Crippen molar-refractivity contribution in [3.63, 3.8) is 0 Å². The predicted molar refractivity (Wildman–Crippen MR) is 238 cm³/mol. The summed E-state index contributed by atoms with van der Waals surface area (Å²) in [5.41, 5.74) is 11.4. The molecule has 6 nitrogen and oxygen atoms in total. The molecule has 0 amide bonds. The molecular weight excluding hydrogens is 711 g/mol. The van der Waals surface area contributed by atoms with E-state index in [0.29, 0.717) is 11.5 Å². The highest BCUT2D eigenvalue weighted by Gasteiger charge is 2.27. The van der Waals surface area contributed by atoms with Crippen LogP contribution in [0.5, 0.6) is 0 Å². The van der Waals surface area contributed by atoms with Crippen molar-refractivity contribution < 1.29 is 4.42 Å². The monoisotopic (exact) mass is 739 g/mol. The van der Waals surface area contributed by atoms with E-state index in [1.807, 2.05) is 12.1 Å². The summed E-state index contributed by atoms with van der Waals surface area (Å²) >= 11 is 0. The van der Waals surface area contributed by atoms with Gasteiger partial charge in [0.15, 0.2) is 11.6 Å². The topological polar surface area (TPSA) is 53.2 Å². The molecule has 0 saturated carbocycles. The van der Waals surface area contributed by atoms with E-state index in [1.165, 1.54) is 59.6 Å². The summed E-state index contributed by atoms with van der Waals surface area (Å²) in [6, 6.07) is 62.7. The van der Waals surface area contributed by atoms with Crippen LogP contribution in [0.3, 0.4) is 0 Å². The van der Waals surface area contributed by atoms with Crippen LogP contribution in [0.2, 0.25) is 0 Å². The van der Waals surface area contributed by atoms with Crippen LogP contribution in [0.1, 0.15) is 0 Å². The molecule has 0 saturated heterocycles. The maximum atomic E-state index is 6.67. The molecule has 0 atom stereocenters. The van der Waals surface area contributed by atoms with Gasteiger partial charge in [0.05, 0.1) is 44.0 Å². The molecule has 14 aromatic rings. The molecule has 14 rings (SSSR count). The zero-order valence-corrected chi connectivity index (χ0v) is 30.9. The maximum absolute atomic E-state index is 6.67. The number of aromatic nitrogens is 5. The van der Waals surface area contributed by atoms with Crippen molar-refractivity contribution in [3.8, 4) is 22.9 Å². The lowest BCUT2D eigenvalue weighted by Gasteiger charge is -2.12. The zero-order chi connectivity index (χ0) is 37.6. The molecule has 6 aromatic heterocycles. The van der Waals surface area contributed by atoms with Crippen molar-refractivity contribution in [2.45, 2.75) is 0 Å². The molecule has 0 spiro atoms. The summed E-state index contributed by atoms with van der Waals surface area (Å²) < 4.78 is 13.8. The van der Waals surface area contributed by atoms with Crippen LogP contribution in [0.25, 0.3) is 127 Å². The fraction of sp³-hybridized carbons (Fsp3) is 0. The standard InChI is InChI=1S/C52H29N5O/c1-2-14-31(15-3-1)55-40-21-9-4-16-32(40)35-27-26-30(28-44(35)55)50-53-51(47-37-20-8-13-25-45(37)58-52(47)54-50)57-42-23-11-6-18-34(42)39-29-38-33-17-5-10-22-41(33)56-43-24-12-7-19-36(43)46(48(38)56)49(39)57/h1-29H. The summed E-state index contributed by atoms with van der Waals surface area (Å²) in [5, 5.41) is 11.5. The van der Waals surface area contributed by atoms with E-state index in [4.69, 9.17) is 14.4 Å². The minimum atomic E-state index is 0.558. The van der Waals surface area contributed by atoms with E-state index in [1.54, 1.807) is 0 Å². The quantitative estimate of drug-likeness (QED) is 0.181. The van der Waals surface area contributed by atoms with Crippen molar-refractivity contribution in [2.24, 2.45) is 0 Å².